The predicted octanol–water partition coefficient (Wildman–Crippen LogP) is 4.51. The van der Waals surface area contributed by atoms with Crippen LogP contribution >= 0.6 is 0 Å². The van der Waals surface area contributed by atoms with Crippen molar-refractivity contribution in [2.24, 2.45) is 0 Å². The Morgan fingerprint density at radius 3 is 2.27 bits per heavy atom. The average Bonchev–Trinajstić information content (AvgIpc) is 2.00. The Balaban J connectivity index is 2.76. The second kappa shape index (κ2) is 4.06. The highest BCUT2D eigenvalue weighted by Crippen LogP contribution is 2.41. The summed E-state index contributed by atoms with van der Waals surface area (Å²) in [7, 11) is -1.62. The average molecular weight is 226 g/mol. The molecule has 1 aliphatic carbocycles. The molecule has 0 saturated carbocycles. The third kappa shape index (κ3) is 3.18. The molecule has 1 unspecified atom stereocenters. The van der Waals surface area contributed by atoms with E-state index < -0.39 is 8.32 Å². The van der Waals surface area contributed by atoms with Gasteiger partial charge < -0.3 is 4.43 Å². The summed E-state index contributed by atoms with van der Waals surface area (Å²) < 4.78 is 6.48. The van der Waals surface area contributed by atoms with Crippen LogP contribution in [0.4, 0.5) is 0 Å². The number of hydrogen-bond donors (Lipinski definition) is 0. The van der Waals surface area contributed by atoms with Crippen LogP contribution in [0.3, 0.4) is 0 Å². The third-order valence-electron chi connectivity index (χ3n) is 3.81. The van der Waals surface area contributed by atoms with Gasteiger partial charge in [0.05, 0.1) is 5.60 Å². The molecule has 0 amide bonds. The minimum absolute atomic E-state index is 0.00124. The Hall–Kier alpha value is -0.0831. The Morgan fingerprint density at radius 1 is 1.27 bits per heavy atom. The maximum absolute atomic E-state index is 6.48. The molecule has 0 N–H and O–H groups in total. The zero-order valence-corrected chi connectivity index (χ0v) is 12.2. The van der Waals surface area contributed by atoms with Gasteiger partial charge in [0.25, 0.3) is 0 Å². The highest BCUT2D eigenvalue weighted by atomic mass is 28.4. The van der Waals surface area contributed by atoms with E-state index in [1.807, 2.05) is 0 Å². The summed E-state index contributed by atoms with van der Waals surface area (Å²) in [6, 6.07) is 0. The van der Waals surface area contributed by atoms with Crippen LogP contribution < -0.4 is 0 Å². The lowest BCUT2D eigenvalue weighted by Gasteiger charge is -2.44. The first-order chi connectivity index (χ1) is 6.66. The molecular formula is C13H26OSi. The molecule has 0 saturated heterocycles. The van der Waals surface area contributed by atoms with Gasteiger partial charge in [-0.3, -0.25) is 0 Å². The molecule has 0 aromatic heterocycles. The number of hydrogen-bond acceptors (Lipinski definition) is 1. The van der Waals surface area contributed by atoms with Gasteiger partial charge >= 0.3 is 0 Å². The summed E-state index contributed by atoms with van der Waals surface area (Å²) in [4.78, 5) is 0. The minimum Gasteiger partial charge on any atom is -0.408 e. The predicted molar refractivity (Wildman–Crippen MR) is 69.7 cm³/mol. The van der Waals surface area contributed by atoms with Crippen molar-refractivity contribution in [3.63, 3.8) is 0 Å². The molecule has 1 nitrogen and oxygen atoms in total. The first kappa shape index (κ1) is 13.0. The number of allylic oxidation sites excluding steroid dienone is 1. The fraction of sp³-hybridized carbons (Fsp3) is 0.846. The quantitative estimate of drug-likeness (QED) is 0.497. The van der Waals surface area contributed by atoms with Gasteiger partial charge in [-0.25, -0.2) is 0 Å². The second-order valence-corrected chi connectivity index (χ2v) is 11.2. The molecule has 0 heterocycles. The van der Waals surface area contributed by atoms with Gasteiger partial charge in [0.15, 0.2) is 8.32 Å². The third-order valence-corrected chi connectivity index (χ3v) is 8.40. The fourth-order valence-corrected chi connectivity index (χ4v) is 3.45. The number of rotatable bonds is 2. The van der Waals surface area contributed by atoms with E-state index in [-0.39, 0.29) is 5.60 Å². The van der Waals surface area contributed by atoms with Crippen LogP contribution in [0.5, 0.6) is 0 Å². The molecule has 0 fully saturated rings. The lowest BCUT2D eigenvalue weighted by Crippen LogP contribution is -2.48. The zero-order valence-electron chi connectivity index (χ0n) is 11.2. The summed E-state index contributed by atoms with van der Waals surface area (Å²) in [5, 5.41) is 0.307. The van der Waals surface area contributed by atoms with Gasteiger partial charge in [-0.05, 0) is 44.3 Å². The summed E-state index contributed by atoms with van der Waals surface area (Å²) >= 11 is 0. The highest BCUT2D eigenvalue weighted by molar-refractivity contribution is 6.74. The Kier molecular flexibility index (Phi) is 3.51. The van der Waals surface area contributed by atoms with Crippen molar-refractivity contribution < 1.29 is 4.43 Å². The molecule has 0 bridgehead atoms. The van der Waals surface area contributed by atoms with Crippen molar-refractivity contribution in [3.05, 3.63) is 12.2 Å². The van der Waals surface area contributed by atoms with E-state index in [2.05, 4.69) is 52.9 Å². The molecule has 1 atom stereocenters. The monoisotopic (exact) mass is 226 g/mol. The van der Waals surface area contributed by atoms with E-state index in [0.717, 1.165) is 0 Å². The van der Waals surface area contributed by atoms with Crippen molar-refractivity contribution in [2.75, 3.05) is 0 Å². The first-order valence-electron chi connectivity index (χ1n) is 6.04. The summed E-state index contributed by atoms with van der Waals surface area (Å²) in [5.74, 6) is 0. The normalized spacial score (nSPS) is 28.1. The van der Waals surface area contributed by atoms with Crippen LogP contribution in [-0.4, -0.2) is 13.9 Å². The molecular weight excluding hydrogens is 200 g/mol. The van der Waals surface area contributed by atoms with E-state index in [1.165, 1.54) is 19.3 Å². The van der Waals surface area contributed by atoms with Gasteiger partial charge in [-0.2, -0.15) is 0 Å². The maximum Gasteiger partial charge on any atom is 0.193 e. The largest absolute Gasteiger partial charge is 0.408 e. The highest BCUT2D eigenvalue weighted by Gasteiger charge is 2.42. The lowest BCUT2D eigenvalue weighted by atomic mass is 9.93. The summed E-state index contributed by atoms with van der Waals surface area (Å²) in [6.07, 6.45) is 8.21. The standard InChI is InChI=1S/C13H26OSi/c1-12(2,3)15(5,6)14-13(4)10-8-7-9-11-13/h8,10H,7,9,11H2,1-6H3. The topological polar surface area (TPSA) is 9.23 Å². The molecule has 15 heavy (non-hydrogen) atoms. The zero-order chi connectivity index (χ0) is 11.7. The molecule has 0 spiro atoms. The van der Waals surface area contributed by atoms with Crippen LogP contribution in [0, 0.1) is 0 Å². The molecule has 88 valence electrons. The first-order valence-corrected chi connectivity index (χ1v) is 8.95. The van der Waals surface area contributed by atoms with Crippen molar-refractivity contribution >= 4 is 8.32 Å². The van der Waals surface area contributed by atoms with Gasteiger partial charge in [-0.15, -0.1) is 0 Å². The van der Waals surface area contributed by atoms with Gasteiger partial charge in [0.1, 0.15) is 0 Å². The minimum atomic E-state index is -1.62. The van der Waals surface area contributed by atoms with E-state index in [0.29, 0.717) is 5.04 Å². The summed E-state index contributed by atoms with van der Waals surface area (Å²) in [6.45, 7) is 13.8. The van der Waals surface area contributed by atoms with Crippen LogP contribution in [-0.2, 0) is 4.43 Å². The maximum atomic E-state index is 6.48. The van der Waals surface area contributed by atoms with Crippen molar-refractivity contribution in [2.45, 2.75) is 70.7 Å². The Morgan fingerprint density at radius 2 is 1.87 bits per heavy atom. The summed E-state index contributed by atoms with van der Waals surface area (Å²) in [5.41, 5.74) is 0.00124. The van der Waals surface area contributed by atoms with E-state index in [9.17, 15) is 0 Å². The van der Waals surface area contributed by atoms with E-state index >= 15 is 0 Å². The van der Waals surface area contributed by atoms with Crippen LogP contribution in [0.1, 0.15) is 47.0 Å². The van der Waals surface area contributed by atoms with Crippen molar-refractivity contribution in [1.29, 1.82) is 0 Å². The molecule has 2 heteroatoms. The van der Waals surface area contributed by atoms with Crippen molar-refractivity contribution in [3.8, 4) is 0 Å². The van der Waals surface area contributed by atoms with Crippen LogP contribution in [0.2, 0.25) is 18.1 Å². The molecule has 0 radical (unpaired) electrons. The molecule has 1 aliphatic rings. The van der Waals surface area contributed by atoms with Gasteiger partial charge in [0, 0.05) is 0 Å². The van der Waals surface area contributed by atoms with Crippen LogP contribution in [0.15, 0.2) is 12.2 Å². The van der Waals surface area contributed by atoms with Gasteiger partial charge in [0.2, 0.25) is 0 Å². The second-order valence-electron chi connectivity index (χ2n) is 6.47. The van der Waals surface area contributed by atoms with E-state index in [1.54, 1.807) is 0 Å². The Labute approximate surface area is 96.0 Å². The molecule has 0 aromatic rings. The Bertz CT molecular complexity index is 250. The van der Waals surface area contributed by atoms with Gasteiger partial charge in [-0.1, -0.05) is 32.9 Å². The van der Waals surface area contributed by atoms with E-state index in [4.69, 9.17) is 4.43 Å². The lowest BCUT2D eigenvalue weighted by molar-refractivity contribution is 0.105. The van der Waals surface area contributed by atoms with Crippen LogP contribution in [0.25, 0.3) is 0 Å². The smallest absolute Gasteiger partial charge is 0.193 e. The SMILES string of the molecule is CC1(O[Si](C)(C)C(C)(C)C)C=CCCC1. The van der Waals surface area contributed by atoms with Crippen molar-refractivity contribution in [1.82, 2.24) is 0 Å². The molecule has 0 aliphatic heterocycles. The molecule has 0 aromatic carbocycles. The molecule has 1 rings (SSSR count). The fourth-order valence-electron chi connectivity index (χ4n) is 1.81.